The number of ether oxygens (including phenoxy) is 2. The fraction of sp³-hybridized carbons (Fsp3) is 0.533. The van der Waals surface area contributed by atoms with E-state index < -0.39 is 6.10 Å². The van der Waals surface area contributed by atoms with E-state index in [1.165, 1.54) is 0 Å². The van der Waals surface area contributed by atoms with Crippen LogP contribution in [0.2, 0.25) is 0 Å². The Hall–Kier alpha value is -1.11. The van der Waals surface area contributed by atoms with Gasteiger partial charge in [-0.2, -0.15) is 0 Å². The number of carbonyl (C=O) groups is 1. The van der Waals surface area contributed by atoms with Crippen LogP contribution in [0.25, 0.3) is 0 Å². The summed E-state index contributed by atoms with van der Waals surface area (Å²) >= 11 is 3.46. The fourth-order valence-corrected chi connectivity index (χ4v) is 2.58. The summed E-state index contributed by atoms with van der Waals surface area (Å²) in [5.41, 5.74) is 7.61. The number of carbonyl (C=O) groups excluding carboxylic acids is 1. The minimum atomic E-state index is -0.571. The molecular weight excluding hydrogens is 336 g/mol. The van der Waals surface area contributed by atoms with E-state index in [2.05, 4.69) is 21.2 Å². The van der Waals surface area contributed by atoms with E-state index in [9.17, 15) is 4.79 Å². The van der Waals surface area contributed by atoms with Crippen LogP contribution in [0.3, 0.4) is 0 Å². The van der Waals surface area contributed by atoms with Crippen LogP contribution in [0.4, 0.5) is 0 Å². The van der Waals surface area contributed by atoms with Gasteiger partial charge in [-0.25, -0.2) is 0 Å². The summed E-state index contributed by atoms with van der Waals surface area (Å²) in [4.78, 5) is 11.9. The third-order valence-corrected chi connectivity index (χ3v) is 3.46. The topological polar surface area (TPSA) is 73.6 Å². The molecular formula is C15H23BrN2O3. The Morgan fingerprint density at radius 2 is 2.19 bits per heavy atom. The van der Waals surface area contributed by atoms with Gasteiger partial charge in [-0.05, 0) is 50.1 Å². The van der Waals surface area contributed by atoms with Crippen LogP contribution >= 0.6 is 15.9 Å². The van der Waals surface area contributed by atoms with Crippen LogP contribution in [0.15, 0.2) is 16.6 Å². The molecule has 118 valence electrons. The first-order valence-electron chi connectivity index (χ1n) is 6.92. The molecule has 0 heterocycles. The molecule has 0 fully saturated rings. The van der Waals surface area contributed by atoms with E-state index in [0.717, 1.165) is 21.3 Å². The van der Waals surface area contributed by atoms with Crippen molar-refractivity contribution in [2.75, 3.05) is 26.8 Å². The molecule has 0 aliphatic rings. The molecule has 0 radical (unpaired) electrons. The normalized spacial score (nSPS) is 12.0. The smallest absolute Gasteiger partial charge is 0.260 e. The average Bonchev–Trinajstić information content (AvgIpc) is 2.42. The molecule has 0 aromatic heterocycles. The number of hydrogen-bond acceptors (Lipinski definition) is 4. The molecule has 1 unspecified atom stereocenters. The maximum absolute atomic E-state index is 11.9. The van der Waals surface area contributed by atoms with E-state index >= 15 is 0 Å². The largest absolute Gasteiger partial charge is 0.480 e. The lowest BCUT2D eigenvalue weighted by Gasteiger charge is -2.19. The molecule has 1 rings (SSSR count). The fourth-order valence-electron chi connectivity index (χ4n) is 1.96. The van der Waals surface area contributed by atoms with Crippen molar-refractivity contribution in [3.8, 4) is 5.75 Å². The van der Waals surface area contributed by atoms with E-state index in [1.807, 2.05) is 19.1 Å². The van der Waals surface area contributed by atoms with Gasteiger partial charge >= 0.3 is 0 Å². The van der Waals surface area contributed by atoms with E-state index in [-0.39, 0.29) is 5.91 Å². The molecule has 0 bridgehead atoms. The Kier molecular flexibility index (Phi) is 7.71. The monoisotopic (exact) mass is 358 g/mol. The van der Waals surface area contributed by atoms with Crippen molar-refractivity contribution in [3.63, 3.8) is 0 Å². The summed E-state index contributed by atoms with van der Waals surface area (Å²) in [5, 5.41) is 2.76. The van der Waals surface area contributed by atoms with Crippen LogP contribution in [-0.2, 0) is 16.0 Å². The molecule has 3 N–H and O–H groups in total. The first-order valence-corrected chi connectivity index (χ1v) is 7.71. The highest BCUT2D eigenvalue weighted by atomic mass is 79.9. The second-order valence-electron chi connectivity index (χ2n) is 4.79. The molecule has 0 spiro atoms. The van der Waals surface area contributed by atoms with Crippen molar-refractivity contribution in [2.45, 2.75) is 26.4 Å². The Labute approximate surface area is 134 Å². The minimum absolute atomic E-state index is 0.159. The third-order valence-electron chi connectivity index (χ3n) is 3.00. The molecule has 0 saturated carbocycles. The average molecular weight is 359 g/mol. The minimum Gasteiger partial charge on any atom is -0.480 e. The van der Waals surface area contributed by atoms with Crippen molar-refractivity contribution >= 4 is 21.8 Å². The zero-order chi connectivity index (χ0) is 15.8. The molecule has 1 aromatic carbocycles. The van der Waals surface area contributed by atoms with Crippen molar-refractivity contribution in [3.05, 3.63) is 27.7 Å². The second-order valence-corrected chi connectivity index (χ2v) is 5.71. The highest BCUT2D eigenvalue weighted by Gasteiger charge is 2.17. The number of halogens is 1. The van der Waals surface area contributed by atoms with E-state index in [0.29, 0.717) is 26.1 Å². The molecule has 21 heavy (non-hydrogen) atoms. The Morgan fingerprint density at radius 1 is 1.48 bits per heavy atom. The van der Waals surface area contributed by atoms with Crippen molar-refractivity contribution in [1.29, 1.82) is 0 Å². The zero-order valence-corrected chi connectivity index (χ0v) is 14.3. The lowest BCUT2D eigenvalue weighted by Crippen LogP contribution is -2.38. The summed E-state index contributed by atoms with van der Waals surface area (Å²) in [7, 11) is 1.59. The SMILES string of the molecule is COCCNC(=O)C(C)Oc1c(C)cc(Br)cc1CCN. The summed E-state index contributed by atoms with van der Waals surface area (Å²) in [6, 6.07) is 3.94. The maximum atomic E-state index is 11.9. The Bertz CT molecular complexity index is 480. The number of nitrogens with two attached hydrogens (primary N) is 1. The van der Waals surface area contributed by atoms with E-state index in [1.54, 1.807) is 14.0 Å². The zero-order valence-electron chi connectivity index (χ0n) is 12.7. The molecule has 1 aromatic rings. The maximum Gasteiger partial charge on any atom is 0.260 e. The van der Waals surface area contributed by atoms with Gasteiger partial charge in [0, 0.05) is 18.1 Å². The molecule has 0 saturated heterocycles. The number of rotatable bonds is 8. The van der Waals surface area contributed by atoms with Gasteiger partial charge in [-0.1, -0.05) is 15.9 Å². The predicted molar refractivity (Wildman–Crippen MR) is 86.6 cm³/mol. The lowest BCUT2D eigenvalue weighted by atomic mass is 10.1. The molecule has 5 nitrogen and oxygen atoms in total. The second kappa shape index (κ2) is 9.02. The molecule has 6 heteroatoms. The number of methoxy groups -OCH3 is 1. The van der Waals surface area contributed by atoms with Gasteiger partial charge in [0.1, 0.15) is 5.75 Å². The van der Waals surface area contributed by atoms with Crippen LogP contribution in [0.1, 0.15) is 18.1 Å². The number of aryl methyl sites for hydroxylation is 1. The van der Waals surface area contributed by atoms with Crippen LogP contribution < -0.4 is 15.8 Å². The van der Waals surface area contributed by atoms with Gasteiger partial charge in [-0.15, -0.1) is 0 Å². The lowest BCUT2D eigenvalue weighted by molar-refractivity contribution is -0.127. The van der Waals surface area contributed by atoms with Crippen LogP contribution in [-0.4, -0.2) is 38.8 Å². The summed E-state index contributed by atoms with van der Waals surface area (Å²) in [6.45, 7) is 5.17. The molecule has 1 atom stereocenters. The number of benzene rings is 1. The van der Waals surface area contributed by atoms with Gasteiger partial charge in [-0.3, -0.25) is 4.79 Å². The highest BCUT2D eigenvalue weighted by Crippen LogP contribution is 2.29. The summed E-state index contributed by atoms with van der Waals surface area (Å²) < 4.78 is 11.7. The van der Waals surface area contributed by atoms with Crippen molar-refractivity contribution in [1.82, 2.24) is 5.32 Å². The summed E-state index contributed by atoms with van der Waals surface area (Å²) in [6.07, 6.45) is 0.131. The van der Waals surface area contributed by atoms with Gasteiger partial charge in [0.2, 0.25) is 0 Å². The third kappa shape index (κ3) is 5.65. The van der Waals surface area contributed by atoms with Gasteiger partial charge in [0.15, 0.2) is 6.10 Å². The van der Waals surface area contributed by atoms with Crippen LogP contribution in [0.5, 0.6) is 5.75 Å². The highest BCUT2D eigenvalue weighted by molar-refractivity contribution is 9.10. The molecule has 0 aliphatic carbocycles. The Balaban J connectivity index is 2.79. The number of hydrogen-bond donors (Lipinski definition) is 2. The van der Waals surface area contributed by atoms with Gasteiger partial charge in [0.25, 0.3) is 5.91 Å². The van der Waals surface area contributed by atoms with Crippen molar-refractivity contribution < 1.29 is 14.3 Å². The number of amides is 1. The molecule has 0 aliphatic heterocycles. The number of nitrogens with one attached hydrogen (secondary N) is 1. The first kappa shape index (κ1) is 17.9. The molecule has 1 amide bonds. The standard InChI is InChI=1S/C15H23BrN2O3/c1-10-8-13(16)9-12(4-5-17)14(10)21-11(2)15(19)18-6-7-20-3/h8-9,11H,4-7,17H2,1-3H3,(H,18,19). The van der Waals surface area contributed by atoms with E-state index in [4.69, 9.17) is 15.2 Å². The Morgan fingerprint density at radius 3 is 2.81 bits per heavy atom. The van der Waals surface area contributed by atoms with Gasteiger partial charge < -0.3 is 20.5 Å². The van der Waals surface area contributed by atoms with Gasteiger partial charge in [0.05, 0.1) is 6.61 Å². The predicted octanol–water partition coefficient (Wildman–Crippen LogP) is 1.79. The van der Waals surface area contributed by atoms with Crippen LogP contribution in [0, 0.1) is 6.92 Å². The quantitative estimate of drug-likeness (QED) is 0.694. The summed E-state index contributed by atoms with van der Waals surface area (Å²) in [5.74, 6) is 0.575. The first-order chi connectivity index (χ1) is 9.99. The van der Waals surface area contributed by atoms with Crippen molar-refractivity contribution in [2.24, 2.45) is 5.73 Å².